The van der Waals surface area contributed by atoms with Crippen molar-refractivity contribution >= 4 is 22.6 Å². The molecule has 0 spiro atoms. The second-order valence-electron chi connectivity index (χ2n) is 2.79. The molecule has 0 aromatic rings. The van der Waals surface area contributed by atoms with Gasteiger partial charge in [0.25, 0.3) is 0 Å². The average Bonchev–Trinajstić information content (AvgIpc) is 2.12. The summed E-state index contributed by atoms with van der Waals surface area (Å²) >= 11 is 1.78. The zero-order valence-corrected chi connectivity index (χ0v) is 8.73. The molecule has 0 aromatic heterocycles. The van der Waals surface area contributed by atoms with E-state index in [0.717, 1.165) is 0 Å². The zero-order valence-electron chi connectivity index (χ0n) is 6.58. The molecule has 1 saturated heterocycles. The van der Waals surface area contributed by atoms with Crippen molar-refractivity contribution in [2.75, 3.05) is 6.61 Å². The molecule has 7 heteroatoms. The molecule has 5 atom stereocenters. The van der Waals surface area contributed by atoms with E-state index in [9.17, 15) is 15.1 Å². The molecule has 1 aliphatic heterocycles. The lowest BCUT2D eigenvalue weighted by Gasteiger charge is -2.36. The number of aliphatic hydroxyl groups excluding tert-OH is 3. The highest BCUT2D eigenvalue weighted by Crippen LogP contribution is 2.26. The molecule has 1 aliphatic rings. The third-order valence-corrected chi connectivity index (χ3v) is 2.99. The minimum absolute atomic E-state index is 0.403. The fourth-order valence-electron chi connectivity index (χ4n) is 1.18. The van der Waals surface area contributed by atoms with Crippen LogP contribution in [0.15, 0.2) is 5.18 Å². The van der Waals surface area contributed by atoms with E-state index in [1.807, 2.05) is 0 Å². The van der Waals surface area contributed by atoms with Crippen LogP contribution in [0.1, 0.15) is 0 Å². The molecule has 13 heavy (non-hydrogen) atoms. The van der Waals surface area contributed by atoms with Gasteiger partial charge in [0, 0.05) is 0 Å². The summed E-state index contributed by atoms with van der Waals surface area (Å²) in [5, 5.41) is 30.1. The van der Waals surface area contributed by atoms with Gasteiger partial charge >= 0.3 is 0 Å². The molecule has 1 rings (SSSR count). The van der Waals surface area contributed by atoms with Crippen molar-refractivity contribution in [2.24, 2.45) is 5.18 Å². The summed E-state index contributed by atoms with van der Waals surface area (Å²) in [5.41, 5.74) is 0. The van der Waals surface area contributed by atoms with E-state index in [0.29, 0.717) is 0 Å². The number of nitrogens with zero attached hydrogens (tertiary/aromatic N) is 1. The minimum atomic E-state index is -1.25. The van der Waals surface area contributed by atoms with Crippen LogP contribution in [0.3, 0.4) is 0 Å². The standard InChI is InChI=1S/C6H10INO5/c7-6-5(11)3(8-12)4(10)2(1-9)13-6/h2-6,9-11H,1H2/t2-,3+,4-,5+,6?/m1/s1. The minimum Gasteiger partial charge on any atom is -0.394 e. The molecule has 0 amide bonds. The van der Waals surface area contributed by atoms with Crippen molar-refractivity contribution in [3.63, 3.8) is 0 Å². The third-order valence-electron chi connectivity index (χ3n) is 1.96. The molecule has 0 aliphatic carbocycles. The molecule has 76 valence electrons. The van der Waals surface area contributed by atoms with Crippen LogP contribution in [0.5, 0.6) is 0 Å². The Balaban J connectivity index is 2.74. The fourth-order valence-corrected chi connectivity index (χ4v) is 1.98. The maximum Gasteiger partial charge on any atom is 0.149 e. The first-order valence-corrected chi connectivity index (χ1v) is 4.95. The first kappa shape index (κ1) is 11.2. The van der Waals surface area contributed by atoms with Gasteiger partial charge in [-0.3, -0.25) is 0 Å². The summed E-state index contributed by atoms with van der Waals surface area (Å²) in [6, 6.07) is -1.13. The molecule has 1 heterocycles. The van der Waals surface area contributed by atoms with Crippen molar-refractivity contribution in [3.8, 4) is 0 Å². The Bertz CT molecular complexity index is 192. The number of halogens is 1. The highest BCUT2D eigenvalue weighted by Gasteiger charge is 2.44. The SMILES string of the molecule is O=N[C@H]1[C@H](O)[C@@H](CO)OC(I)[C@H]1O. The van der Waals surface area contributed by atoms with Crippen LogP contribution in [0, 0.1) is 4.91 Å². The van der Waals surface area contributed by atoms with Gasteiger partial charge in [0.15, 0.2) is 0 Å². The molecule has 0 radical (unpaired) electrons. The van der Waals surface area contributed by atoms with E-state index in [1.54, 1.807) is 22.6 Å². The van der Waals surface area contributed by atoms with Crippen LogP contribution in [-0.2, 0) is 4.74 Å². The van der Waals surface area contributed by atoms with Gasteiger partial charge in [-0.15, -0.1) is 0 Å². The van der Waals surface area contributed by atoms with Gasteiger partial charge in [0.05, 0.1) is 6.61 Å². The average molecular weight is 303 g/mol. The van der Waals surface area contributed by atoms with Crippen LogP contribution in [0.25, 0.3) is 0 Å². The van der Waals surface area contributed by atoms with E-state index in [-0.39, 0.29) is 0 Å². The maximum atomic E-state index is 10.3. The smallest absolute Gasteiger partial charge is 0.149 e. The third kappa shape index (κ3) is 2.15. The lowest BCUT2D eigenvalue weighted by atomic mass is 9.99. The summed E-state index contributed by atoms with van der Waals surface area (Å²) < 4.78 is 4.39. The van der Waals surface area contributed by atoms with Gasteiger partial charge in [-0.25, -0.2) is 0 Å². The van der Waals surface area contributed by atoms with Gasteiger partial charge in [-0.1, -0.05) is 5.18 Å². The number of nitroso groups, excluding NO2 is 1. The number of hydrogen-bond donors (Lipinski definition) is 3. The van der Waals surface area contributed by atoms with Crippen LogP contribution >= 0.6 is 22.6 Å². The first-order valence-electron chi connectivity index (χ1n) is 3.70. The Morgan fingerprint density at radius 2 is 2.00 bits per heavy atom. The molecule has 6 nitrogen and oxygen atoms in total. The van der Waals surface area contributed by atoms with Gasteiger partial charge < -0.3 is 20.1 Å². The lowest BCUT2D eigenvalue weighted by Crippen LogP contribution is -2.55. The van der Waals surface area contributed by atoms with E-state index >= 15 is 0 Å². The van der Waals surface area contributed by atoms with Crippen molar-refractivity contribution in [2.45, 2.75) is 28.5 Å². The van der Waals surface area contributed by atoms with Crippen molar-refractivity contribution in [1.82, 2.24) is 0 Å². The Morgan fingerprint density at radius 3 is 2.46 bits per heavy atom. The molecular formula is C6H10INO5. The number of hydrogen-bond acceptors (Lipinski definition) is 6. The van der Waals surface area contributed by atoms with E-state index in [4.69, 9.17) is 9.84 Å². The Hall–Kier alpha value is 0.170. The number of ether oxygens (including phenoxy) is 1. The first-order chi connectivity index (χ1) is 6.11. The van der Waals surface area contributed by atoms with Crippen LogP contribution < -0.4 is 0 Å². The summed E-state index contributed by atoms with van der Waals surface area (Å²) in [4.78, 5) is 10.3. The normalized spacial score (nSPS) is 46.0. The Labute approximate surface area is 88.0 Å². The van der Waals surface area contributed by atoms with Gasteiger partial charge in [0.1, 0.15) is 28.5 Å². The molecule has 3 N–H and O–H groups in total. The highest BCUT2D eigenvalue weighted by molar-refractivity contribution is 14.1. The quantitative estimate of drug-likeness (QED) is 0.345. The van der Waals surface area contributed by atoms with Crippen LogP contribution in [-0.4, -0.2) is 50.4 Å². The summed E-state index contributed by atoms with van der Waals surface area (Å²) in [7, 11) is 0. The summed E-state index contributed by atoms with van der Waals surface area (Å²) in [6.45, 7) is -0.403. The molecule has 1 fully saturated rings. The second kappa shape index (κ2) is 4.60. The van der Waals surface area contributed by atoms with E-state index in [2.05, 4.69) is 5.18 Å². The van der Waals surface area contributed by atoms with Gasteiger partial charge in [-0.05, 0) is 22.6 Å². The molecule has 1 unspecified atom stereocenters. The van der Waals surface area contributed by atoms with Crippen molar-refractivity contribution in [1.29, 1.82) is 0 Å². The topological polar surface area (TPSA) is 99.4 Å². The highest BCUT2D eigenvalue weighted by atomic mass is 127. The summed E-state index contributed by atoms with van der Waals surface area (Å²) in [5.74, 6) is 0. The molecular weight excluding hydrogens is 293 g/mol. The summed E-state index contributed by atoms with van der Waals surface area (Å²) in [6.07, 6.45) is -3.23. The predicted octanol–water partition coefficient (Wildman–Crippen LogP) is -1.00. The second-order valence-corrected chi connectivity index (χ2v) is 4.01. The van der Waals surface area contributed by atoms with E-state index in [1.165, 1.54) is 0 Å². The van der Waals surface area contributed by atoms with Gasteiger partial charge in [0.2, 0.25) is 0 Å². The van der Waals surface area contributed by atoms with Crippen LogP contribution in [0.2, 0.25) is 0 Å². The van der Waals surface area contributed by atoms with Crippen molar-refractivity contribution < 1.29 is 20.1 Å². The van der Waals surface area contributed by atoms with E-state index < -0.39 is 35.1 Å². The monoisotopic (exact) mass is 303 g/mol. The molecule has 0 saturated carbocycles. The van der Waals surface area contributed by atoms with Crippen LogP contribution in [0.4, 0.5) is 0 Å². The molecule has 0 bridgehead atoms. The largest absolute Gasteiger partial charge is 0.394 e. The van der Waals surface area contributed by atoms with Crippen molar-refractivity contribution in [3.05, 3.63) is 4.91 Å². The Morgan fingerprint density at radius 1 is 1.38 bits per heavy atom. The molecule has 0 aromatic carbocycles. The maximum absolute atomic E-state index is 10.3. The zero-order chi connectivity index (χ0) is 10.0. The Kier molecular flexibility index (Phi) is 3.98. The lowest BCUT2D eigenvalue weighted by molar-refractivity contribution is -0.154. The predicted molar refractivity (Wildman–Crippen MR) is 51.4 cm³/mol. The fraction of sp³-hybridized carbons (Fsp3) is 1.00. The number of alkyl halides is 1. The number of aliphatic hydroxyl groups is 3. The van der Waals surface area contributed by atoms with Gasteiger partial charge in [-0.2, -0.15) is 4.91 Å². The number of rotatable bonds is 2.